The first-order valence-corrected chi connectivity index (χ1v) is 6.86. The van der Waals surface area contributed by atoms with Crippen LogP contribution in [0.15, 0.2) is 18.5 Å². The van der Waals surface area contributed by atoms with Gasteiger partial charge in [-0.3, -0.25) is 4.98 Å². The van der Waals surface area contributed by atoms with Gasteiger partial charge >= 0.3 is 0 Å². The van der Waals surface area contributed by atoms with E-state index < -0.39 is 0 Å². The maximum Gasteiger partial charge on any atom is 0.127 e. The Morgan fingerprint density at radius 2 is 2.33 bits per heavy atom. The largest absolute Gasteiger partial charge is 0.323 e. The summed E-state index contributed by atoms with van der Waals surface area (Å²) >= 11 is 0. The fraction of sp³-hybridized carbons (Fsp3) is 0.571. The van der Waals surface area contributed by atoms with Crippen LogP contribution in [0.3, 0.4) is 0 Å². The molecule has 2 heterocycles. The number of fused-ring (bicyclic) bond motifs is 1. The third kappa shape index (κ3) is 2.01. The van der Waals surface area contributed by atoms with Gasteiger partial charge in [-0.1, -0.05) is 6.92 Å². The summed E-state index contributed by atoms with van der Waals surface area (Å²) in [6, 6.07) is 3.03. The average Bonchev–Trinajstić information content (AvgIpc) is 3.15. The molecule has 0 amide bonds. The molecule has 4 nitrogen and oxygen atoms in total. The van der Waals surface area contributed by atoms with Crippen molar-refractivity contribution in [2.75, 3.05) is 6.54 Å². The van der Waals surface area contributed by atoms with Crippen LogP contribution in [0.25, 0.3) is 11.0 Å². The van der Waals surface area contributed by atoms with Gasteiger partial charge in [0.15, 0.2) is 0 Å². The first-order chi connectivity index (χ1) is 8.81. The molecule has 0 saturated heterocycles. The molecule has 1 N–H and O–H groups in total. The van der Waals surface area contributed by atoms with Crippen LogP contribution in [-0.4, -0.2) is 21.1 Å². The molecule has 1 aliphatic carbocycles. The summed E-state index contributed by atoms with van der Waals surface area (Å²) in [5.41, 5.74) is 2.25. The van der Waals surface area contributed by atoms with Crippen molar-refractivity contribution >= 4 is 11.0 Å². The summed E-state index contributed by atoms with van der Waals surface area (Å²) in [4.78, 5) is 8.94. The zero-order chi connectivity index (χ0) is 12.5. The number of pyridine rings is 1. The highest BCUT2D eigenvalue weighted by atomic mass is 15.2. The first-order valence-electron chi connectivity index (χ1n) is 6.86. The van der Waals surface area contributed by atoms with Gasteiger partial charge < -0.3 is 9.88 Å². The van der Waals surface area contributed by atoms with Gasteiger partial charge in [-0.2, -0.15) is 0 Å². The van der Waals surface area contributed by atoms with Crippen LogP contribution >= 0.6 is 0 Å². The molecule has 0 bridgehead atoms. The molecule has 0 aliphatic heterocycles. The number of hydrogen-bond donors (Lipinski definition) is 1. The monoisotopic (exact) mass is 244 g/mol. The Morgan fingerprint density at radius 1 is 1.50 bits per heavy atom. The number of nitrogens with zero attached hydrogens (tertiary/aromatic N) is 3. The third-order valence-corrected chi connectivity index (χ3v) is 3.52. The minimum absolute atomic E-state index is 0.304. The Labute approximate surface area is 107 Å². The number of rotatable bonds is 5. The molecule has 0 radical (unpaired) electrons. The number of imidazole rings is 1. The number of hydrogen-bond acceptors (Lipinski definition) is 3. The molecule has 3 rings (SSSR count). The molecule has 1 saturated carbocycles. The van der Waals surface area contributed by atoms with Crippen molar-refractivity contribution in [1.29, 1.82) is 0 Å². The highest BCUT2D eigenvalue weighted by Gasteiger charge is 2.29. The minimum Gasteiger partial charge on any atom is -0.323 e. The van der Waals surface area contributed by atoms with Crippen LogP contribution in [0.5, 0.6) is 0 Å². The summed E-state index contributed by atoms with van der Waals surface area (Å²) < 4.78 is 2.41. The van der Waals surface area contributed by atoms with Gasteiger partial charge in [-0.15, -0.1) is 0 Å². The molecule has 18 heavy (non-hydrogen) atoms. The predicted octanol–water partition coefficient (Wildman–Crippen LogP) is 2.83. The van der Waals surface area contributed by atoms with Crippen LogP contribution in [0.2, 0.25) is 0 Å². The second-order valence-electron chi connectivity index (χ2n) is 5.11. The summed E-state index contributed by atoms with van der Waals surface area (Å²) in [6.07, 6.45) is 7.43. The van der Waals surface area contributed by atoms with Gasteiger partial charge in [0.1, 0.15) is 11.3 Å². The SMILES string of the molecule is CCCNC(C)c1nc2cnccc2n1C1CC1. The van der Waals surface area contributed by atoms with Crippen LogP contribution in [0.1, 0.15) is 51.0 Å². The Hall–Kier alpha value is -1.42. The van der Waals surface area contributed by atoms with E-state index in [0.717, 1.165) is 24.3 Å². The van der Waals surface area contributed by atoms with Gasteiger partial charge in [0.25, 0.3) is 0 Å². The molecule has 96 valence electrons. The molecule has 1 unspecified atom stereocenters. The molecule has 1 aliphatic rings. The van der Waals surface area contributed by atoms with E-state index in [4.69, 9.17) is 4.98 Å². The summed E-state index contributed by atoms with van der Waals surface area (Å²) in [7, 11) is 0. The van der Waals surface area contributed by atoms with Gasteiger partial charge in [0.2, 0.25) is 0 Å². The van der Waals surface area contributed by atoms with Gasteiger partial charge in [-0.05, 0) is 38.8 Å². The van der Waals surface area contributed by atoms with Crippen LogP contribution in [-0.2, 0) is 0 Å². The van der Waals surface area contributed by atoms with E-state index in [1.165, 1.54) is 18.4 Å². The predicted molar refractivity (Wildman–Crippen MR) is 72.5 cm³/mol. The van der Waals surface area contributed by atoms with E-state index in [-0.39, 0.29) is 0 Å². The molecule has 2 aromatic heterocycles. The first kappa shape index (κ1) is 11.7. The Morgan fingerprint density at radius 3 is 3.06 bits per heavy atom. The Kier molecular flexibility index (Phi) is 3.04. The lowest BCUT2D eigenvalue weighted by Crippen LogP contribution is -2.22. The average molecular weight is 244 g/mol. The second kappa shape index (κ2) is 4.69. The lowest BCUT2D eigenvalue weighted by molar-refractivity contribution is 0.518. The van der Waals surface area contributed by atoms with Crippen molar-refractivity contribution in [2.45, 2.75) is 45.2 Å². The maximum absolute atomic E-state index is 4.76. The van der Waals surface area contributed by atoms with Crippen molar-refractivity contribution in [1.82, 2.24) is 19.9 Å². The Balaban J connectivity index is 2.01. The van der Waals surface area contributed by atoms with E-state index in [1.807, 2.05) is 12.4 Å². The molecule has 2 aromatic rings. The standard InChI is InChI=1S/C14H20N4/c1-3-7-16-10(2)14-17-12-9-15-8-6-13(12)18(14)11-4-5-11/h6,8-11,16H,3-5,7H2,1-2H3. The van der Waals surface area contributed by atoms with Gasteiger partial charge in [0.05, 0.1) is 17.8 Å². The second-order valence-corrected chi connectivity index (χ2v) is 5.11. The summed E-state index contributed by atoms with van der Waals surface area (Å²) in [5.74, 6) is 1.16. The van der Waals surface area contributed by atoms with Crippen LogP contribution in [0, 0.1) is 0 Å². The number of nitrogens with one attached hydrogen (secondary N) is 1. The highest BCUT2D eigenvalue weighted by Crippen LogP contribution is 2.39. The van der Waals surface area contributed by atoms with E-state index in [9.17, 15) is 0 Å². The smallest absolute Gasteiger partial charge is 0.127 e. The quantitative estimate of drug-likeness (QED) is 0.879. The zero-order valence-corrected chi connectivity index (χ0v) is 11.1. The molecule has 0 spiro atoms. The van der Waals surface area contributed by atoms with E-state index in [0.29, 0.717) is 12.1 Å². The van der Waals surface area contributed by atoms with Crippen molar-refractivity contribution in [3.05, 3.63) is 24.3 Å². The Bertz CT molecular complexity index is 542. The molecular weight excluding hydrogens is 224 g/mol. The molecule has 0 aromatic carbocycles. The van der Waals surface area contributed by atoms with Gasteiger partial charge in [0, 0.05) is 12.2 Å². The normalized spacial score (nSPS) is 17.2. The van der Waals surface area contributed by atoms with Crippen LogP contribution in [0.4, 0.5) is 0 Å². The molecule has 4 heteroatoms. The number of aromatic nitrogens is 3. The van der Waals surface area contributed by atoms with Crippen molar-refractivity contribution in [3.8, 4) is 0 Å². The van der Waals surface area contributed by atoms with E-state index in [2.05, 4.69) is 34.8 Å². The minimum atomic E-state index is 0.304. The maximum atomic E-state index is 4.76. The molecule has 1 atom stereocenters. The van der Waals surface area contributed by atoms with Gasteiger partial charge in [-0.25, -0.2) is 4.98 Å². The fourth-order valence-corrected chi connectivity index (χ4v) is 2.44. The van der Waals surface area contributed by atoms with Crippen molar-refractivity contribution in [3.63, 3.8) is 0 Å². The van der Waals surface area contributed by atoms with E-state index >= 15 is 0 Å². The topological polar surface area (TPSA) is 42.7 Å². The van der Waals surface area contributed by atoms with E-state index in [1.54, 1.807) is 0 Å². The third-order valence-electron chi connectivity index (χ3n) is 3.52. The van der Waals surface area contributed by atoms with Crippen LogP contribution < -0.4 is 5.32 Å². The van der Waals surface area contributed by atoms with Crippen molar-refractivity contribution < 1.29 is 0 Å². The summed E-state index contributed by atoms with van der Waals surface area (Å²) in [5, 5.41) is 3.53. The highest BCUT2D eigenvalue weighted by molar-refractivity contribution is 5.75. The molecule has 1 fully saturated rings. The fourth-order valence-electron chi connectivity index (χ4n) is 2.44. The lowest BCUT2D eigenvalue weighted by Gasteiger charge is -2.15. The zero-order valence-electron chi connectivity index (χ0n) is 11.1. The lowest BCUT2D eigenvalue weighted by atomic mass is 10.3. The molecular formula is C14H20N4. The van der Waals surface area contributed by atoms with Crippen molar-refractivity contribution in [2.24, 2.45) is 0 Å². The summed E-state index contributed by atoms with van der Waals surface area (Å²) in [6.45, 7) is 5.42.